The van der Waals surface area contributed by atoms with Gasteiger partial charge in [0.1, 0.15) is 6.10 Å². The predicted octanol–water partition coefficient (Wildman–Crippen LogP) is 3.34. The highest BCUT2D eigenvalue weighted by Crippen LogP contribution is 2.38. The maximum absolute atomic E-state index is 6.03. The van der Waals surface area contributed by atoms with E-state index in [4.69, 9.17) is 9.47 Å². The lowest BCUT2D eigenvalue weighted by atomic mass is 9.87. The predicted molar refractivity (Wildman–Crippen MR) is 104 cm³/mol. The first-order valence-electron chi connectivity index (χ1n) is 9.34. The van der Waals surface area contributed by atoms with Crippen LogP contribution in [-0.2, 0) is 10.2 Å². The quantitative estimate of drug-likeness (QED) is 0.739. The van der Waals surface area contributed by atoms with Crippen molar-refractivity contribution in [2.24, 2.45) is 0 Å². The highest BCUT2D eigenvalue weighted by atomic mass is 16.5. The van der Waals surface area contributed by atoms with Gasteiger partial charge in [-0.2, -0.15) is 9.50 Å². The molecular formula is C20H23N5O2. The lowest BCUT2D eigenvalue weighted by molar-refractivity contribution is 0.136. The van der Waals surface area contributed by atoms with Crippen LogP contribution in [0.2, 0.25) is 0 Å². The fraction of sp³-hybridized carbons (Fsp3) is 0.400. The van der Waals surface area contributed by atoms with Crippen LogP contribution in [-0.4, -0.2) is 40.5 Å². The van der Waals surface area contributed by atoms with Crippen LogP contribution in [0.1, 0.15) is 25.8 Å². The van der Waals surface area contributed by atoms with Gasteiger partial charge in [-0.15, -0.1) is 5.10 Å². The molecule has 0 radical (unpaired) electrons. The maximum Gasteiger partial charge on any atom is 0.247 e. The summed E-state index contributed by atoms with van der Waals surface area (Å²) in [6.07, 6.45) is 0.969. The Hall–Kier alpha value is -2.80. The topological polar surface area (TPSA) is 72.7 Å². The van der Waals surface area contributed by atoms with Crippen LogP contribution in [0.3, 0.4) is 0 Å². The zero-order chi connectivity index (χ0) is 18.4. The fourth-order valence-electron chi connectivity index (χ4n) is 3.70. The number of aromatic nitrogens is 3. The molecule has 7 nitrogen and oxygen atoms in total. The van der Waals surface area contributed by atoms with Crippen molar-refractivity contribution in [3.8, 4) is 5.88 Å². The monoisotopic (exact) mass is 365 g/mol. The number of benzene rings is 1. The van der Waals surface area contributed by atoms with Crippen molar-refractivity contribution in [2.75, 3.05) is 30.4 Å². The molecule has 140 valence electrons. The number of fused-ring (bicyclic) bond motifs is 2. The first kappa shape index (κ1) is 16.4. The summed E-state index contributed by atoms with van der Waals surface area (Å²) in [5, 5.41) is 11.4. The van der Waals surface area contributed by atoms with Gasteiger partial charge in [0, 0.05) is 35.8 Å². The minimum absolute atomic E-state index is 0.0716. The Kier molecular flexibility index (Phi) is 3.72. The van der Waals surface area contributed by atoms with Gasteiger partial charge in [0.2, 0.25) is 11.8 Å². The van der Waals surface area contributed by atoms with Gasteiger partial charge in [0.25, 0.3) is 0 Å². The standard InChI is InChI=1S/C20H23N5O2/c1-20(2)12-21-16-10-13(6-7-15(16)20)22-19-23-17-4-3-5-18(25(17)24-19)27-14-8-9-26-11-14/h3-7,10,14,21H,8-9,11-12H2,1-2H3,(H,22,24)/t14-/m0/s1. The van der Waals surface area contributed by atoms with Crippen molar-refractivity contribution in [2.45, 2.75) is 31.8 Å². The van der Waals surface area contributed by atoms with E-state index in [1.54, 1.807) is 4.52 Å². The van der Waals surface area contributed by atoms with Crippen molar-refractivity contribution >= 4 is 23.0 Å². The summed E-state index contributed by atoms with van der Waals surface area (Å²) in [5.41, 5.74) is 4.37. The molecule has 2 aliphatic rings. The van der Waals surface area contributed by atoms with Crippen LogP contribution >= 0.6 is 0 Å². The smallest absolute Gasteiger partial charge is 0.247 e. The third-order valence-electron chi connectivity index (χ3n) is 5.23. The lowest BCUT2D eigenvalue weighted by Crippen LogP contribution is -2.18. The molecule has 0 saturated carbocycles. The SMILES string of the molecule is CC1(C)CNc2cc(Nc3nc4cccc(O[C@H]5CCOC5)n4n3)ccc21. The van der Waals surface area contributed by atoms with Crippen LogP contribution < -0.4 is 15.4 Å². The molecule has 0 aliphatic carbocycles. The normalized spacial score (nSPS) is 20.4. The molecule has 0 bridgehead atoms. The van der Waals surface area contributed by atoms with Gasteiger partial charge < -0.3 is 20.1 Å². The van der Waals surface area contributed by atoms with E-state index in [1.807, 2.05) is 18.2 Å². The van der Waals surface area contributed by atoms with Gasteiger partial charge in [-0.05, 0) is 23.8 Å². The molecule has 4 heterocycles. The van der Waals surface area contributed by atoms with Crippen molar-refractivity contribution in [3.63, 3.8) is 0 Å². The van der Waals surface area contributed by atoms with E-state index in [9.17, 15) is 0 Å². The zero-order valence-corrected chi connectivity index (χ0v) is 15.5. The van der Waals surface area contributed by atoms with E-state index in [1.165, 1.54) is 11.3 Å². The van der Waals surface area contributed by atoms with E-state index in [-0.39, 0.29) is 11.5 Å². The molecule has 2 N–H and O–H groups in total. The number of hydrogen-bond donors (Lipinski definition) is 2. The Labute approximate surface area is 157 Å². The van der Waals surface area contributed by atoms with Crippen molar-refractivity contribution in [3.05, 3.63) is 42.0 Å². The van der Waals surface area contributed by atoms with Crippen LogP contribution in [0.4, 0.5) is 17.3 Å². The highest BCUT2D eigenvalue weighted by molar-refractivity contribution is 5.69. The van der Waals surface area contributed by atoms with Gasteiger partial charge in [0.15, 0.2) is 5.65 Å². The highest BCUT2D eigenvalue weighted by Gasteiger charge is 2.29. The summed E-state index contributed by atoms with van der Waals surface area (Å²) in [6, 6.07) is 12.1. The average molecular weight is 365 g/mol. The molecule has 1 fully saturated rings. The number of rotatable bonds is 4. The van der Waals surface area contributed by atoms with Gasteiger partial charge in [-0.3, -0.25) is 0 Å². The molecule has 7 heteroatoms. The van der Waals surface area contributed by atoms with Crippen LogP contribution in [0.25, 0.3) is 5.65 Å². The minimum Gasteiger partial charge on any atom is -0.472 e. The van der Waals surface area contributed by atoms with E-state index in [0.717, 1.165) is 30.9 Å². The number of hydrogen-bond acceptors (Lipinski definition) is 6. The molecule has 0 unspecified atom stereocenters. The lowest BCUT2D eigenvalue weighted by Gasteiger charge is -2.16. The van der Waals surface area contributed by atoms with Crippen LogP contribution in [0, 0.1) is 0 Å². The number of ether oxygens (including phenoxy) is 2. The summed E-state index contributed by atoms with van der Waals surface area (Å²) in [6.45, 7) is 6.81. The maximum atomic E-state index is 6.03. The first-order chi connectivity index (χ1) is 13.1. The van der Waals surface area contributed by atoms with E-state index in [0.29, 0.717) is 18.4 Å². The Morgan fingerprint density at radius 3 is 3.07 bits per heavy atom. The van der Waals surface area contributed by atoms with Crippen molar-refractivity contribution in [1.29, 1.82) is 0 Å². The average Bonchev–Trinajstić information content (AvgIpc) is 3.35. The molecule has 1 saturated heterocycles. The van der Waals surface area contributed by atoms with Gasteiger partial charge in [-0.1, -0.05) is 26.0 Å². The van der Waals surface area contributed by atoms with Crippen molar-refractivity contribution < 1.29 is 9.47 Å². The van der Waals surface area contributed by atoms with E-state index in [2.05, 4.69) is 52.8 Å². The Bertz CT molecular complexity index is 991. The number of anilines is 3. The van der Waals surface area contributed by atoms with Crippen LogP contribution in [0.5, 0.6) is 5.88 Å². The summed E-state index contributed by atoms with van der Waals surface area (Å²) in [7, 11) is 0. The van der Waals surface area contributed by atoms with Gasteiger partial charge >= 0.3 is 0 Å². The molecule has 3 aromatic rings. The molecule has 0 spiro atoms. The minimum atomic E-state index is 0.0716. The number of nitrogens with one attached hydrogen (secondary N) is 2. The second-order valence-corrected chi connectivity index (χ2v) is 7.80. The Morgan fingerprint density at radius 1 is 1.30 bits per heavy atom. The van der Waals surface area contributed by atoms with Crippen molar-refractivity contribution in [1.82, 2.24) is 14.6 Å². The Morgan fingerprint density at radius 2 is 2.22 bits per heavy atom. The summed E-state index contributed by atoms with van der Waals surface area (Å²) in [5.74, 6) is 1.23. The molecule has 1 aromatic carbocycles. The molecule has 2 aromatic heterocycles. The second-order valence-electron chi connectivity index (χ2n) is 7.80. The zero-order valence-electron chi connectivity index (χ0n) is 15.5. The molecule has 5 rings (SSSR count). The van der Waals surface area contributed by atoms with Crippen LogP contribution in [0.15, 0.2) is 36.4 Å². The summed E-state index contributed by atoms with van der Waals surface area (Å²) < 4.78 is 13.2. The van der Waals surface area contributed by atoms with E-state index < -0.39 is 0 Å². The summed E-state index contributed by atoms with van der Waals surface area (Å²) >= 11 is 0. The summed E-state index contributed by atoms with van der Waals surface area (Å²) in [4.78, 5) is 4.57. The number of nitrogens with zero attached hydrogens (tertiary/aromatic N) is 3. The third kappa shape index (κ3) is 2.98. The van der Waals surface area contributed by atoms with Gasteiger partial charge in [0.05, 0.1) is 13.2 Å². The molecule has 1 atom stereocenters. The largest absolute Gasteiger partial charge is 0.472 e. The Balaban J connectivity index is 1.41. The molecular weight excluding hydrogens is 342 g/mol. The number of pyridine rings is 1. The fourth-order valence-corrected chi connectivity index (χ4v) is 3.70. The third-order valence-corrected chi connectivity index (χ3v) is 5.23. The van der Waals surface area contributed by atoms with E-state index >= 15 is 0 Å². The van der Waals surface area contributed by atoms with Gasteiger partial charge in [-0.25, -0.2) is 0 Å². The first-order valence-corrected chi connectivity index (χ1v) is 9.34. The molecule has 0 amide bonds. The molecule has 27 heavy (non-hydrogen) atoms. The second kappa shape index (κ2) is 6.13. The molecule has 2 aliphatic heterocycles.